The van der Waals surface area contributed by atoms with Gasteiger partial charge in [0.05, 0.1) is 6.67 Å². The number of hydrogen-bond acceptors (Lipinski definition) is 3. The molecule has 0 bridgehead atoms. The van der Waals surface area contributed by atoms with Crippen LogP contribution in [0.1, 0.15) is 24.0 Å². The molecule has 0 unspecified atom stereocenters. The van der Waals surface area contributed by atoms with Gasteiger partial charge in [-0.1, -0.05) is 42.0 Å². The Morgan fingerprint density at radius 1 is 1.11 bits per heavy atom. The Morgan fingerprint density at radius 2 is 1.78 bits per heavy atom. The van der Waals surface area contributed by atoms with Gasteiger partial charge in [-0.2, -0.15) is 5.10 Å². The van der Waals surface area contributed by atoms with E-state index in [1.807, 2.05) is 28.4 Å². The number of nitrogens with zero attached hydrogens (tertiary/aromatic N) is 4. The highest BCUT2D eigenvalue weighted by molar-refractivity contribution is 7.71. The van der Waals surface area contributed by atoms with Crippen LogP contribution in [0.4, 0.5) is 4.39 Å². The fourth-order valence-electron chi connectivity index (χ4n) is 3.26. The fraction of sp³-hybridized carbons (Fsp3) is 0.333. The normalized spacial score (nSPS) is 14.1. The van der Waals surface area contributed by atoms with Crippen molar-refractivity contribution in [3.8, 4) is 11.4 Å². The standard InChI is InChI=1S/C21H23FN4S/c1-15-3-7-17(8-4-15)20-23-26(21(27)24(20)2)14-25(19-11-12-19)13-16-5-9-18(22)10-6-16/h3-10,19H,11-14H2,1-2H3. The van der Waals surface area contributed by atoms with Gasteiger partial charge < -0.3 is 4.57 Å². The second-order valence-corrected chi connectivity index (χ2v) is 7.64. The second-order valence-electron chi connectivity index (χ2n) is 7.28. The summed E-state index contributed by atoms with van der Waals surface area (Å²) >= 11 is 5.63. The molecule has 0 N–H and O–H groups in total. The summed E-state index contributed by atoms with van der Waals surface area (Å²) in [6.07, 6.45) is 2.37. The van der Waals surface area contributed by atoms with Crippen molar-refractivity contribution in [2.24, 2.45) is 7.05 Å². The molecule has 1 heterocycles. The number of rotatable bonds is 6. The zero-order valence-electron chi connectivity index (χ0n) is 15.6. The first-order chi connectivity index (χ1) is 13.0. The molecule has 27 heavy (non-hydrogen) atoms. The number of aryl methyl sites for hydroxylation is 1. The first-order valence-electron chi connectivity index (χ1n) is 9.20. The van der Waals surface area contributed by atoms with Gasteiger partial charge in [-0.3, -0.25) is 4.90 Å². The van der Waals surface area contributed by atoms with Crippen LogP contribution in [0.2, 0.25) is 0 Å². The summed E-state index contributed by atoms with van der Waals surface area (Å²) in [5.41, 5.74) is 3.38. The van der Waals surface area contributed by atoms with E-state index in [9.17, 15) is 4.39 Å². The van der Waals surface area contributed by atoms with Crippen LogP contribution in [-0.4, -0.2) is 25.3 Å². The third-order valence-corrected chi connectivity index (χ3v) is 5.51. The highest BCUT2D eigenvalue weighted by Gasteiger charge is 2.29. The summed E-state index contributed by atoms with van der Waals surface area (Å²) in [4.78, 5) is 2.37. The van der Waals surface area contributed by atoms with Crippen LogP contribution in [0.3, 0.4) is 0 Å². The molecule has 4 rings (SSSR count). The molecule has 1 saturated carbocycles. The summed E-state index contributed by atoms with van der Waals surface area (Å²) in [7, 11) is 1.96. The third kappa shape index (κ3) is 4.01. The van der Waals surface area contributed by atoms with E-state index in [0.29, 0.717) is 17.5 Å². The SMILES string of the molecule is Cc1ccc(-c2nn(CN(Cc3ccc(F)cc3)C3CC3)c(=S)n2C)cc1. The Hall–Kier alpha value is -2.31. The number of halogens is 1. The van der Waals surface area contributed by atoms with Crippen LogP contribution in [0.15, 0.2) is 48.5 Å². The van der Waals surface area contributed by atoms with Crippen molar-refractivity contribution in [2.45, 2.75) is 39.0 Å². The lowest BCUT2D eigenvalue weighted by atomic mass is 10.1. The number of hydrogen-bond donors (Lipinski definition) is 0. The third-order valence-electron chi connectivity index (χ3n) is 5.03. The predicted octanol–water partition coefficient (Wildman–Crippen LogP) is 4.69. The summed E-state index contributed by atoms with van der Waals surface area (Å²) in [5.74, 6) is 0.670. The van der Waals surface area contributed by atoms with Gasteiger partial charge in [0.1, 0.15) is 5.82 Å². The molecular formula is C21H23FN4S. The maximum Gasteiger partial charge on any atom is 0.199 e. The second kappa shape index (κ2) is 7.37. The fourth-order valence-corrected chi connectivity index (χ4v) is 3.45. The van der Waals surface area contributed by atoms with Crippen LogP contribution in [0.5, 0.6) is 0 Å². The molecular weight excluding hydrogens is 359 g/mol. The monoisotopic (exact) mass is 382 g/mol. The van der Waals surface area contributed by atoms with Crippen molar-refractivity contribution >= 4 is 12.2 Å². The van der Waals surface area contributed by atoms with Gasteiger partial charge in [0.2, 0.25) is 0 Å². The summed E-state index contributed by atoms with van der Waals surface area (Å²) in [5, 5.41) is 4.79. The Balaban J connectivity index is 1.58. The van der Waals surface area contributed by atoms with Crippen molar-refractivity contribution in [3.05, 3.63) is 70.2 Å². The van der Waals surface area contributed by atoms with E-state index in [-0.39, 0.29) is 5.82 Å². The molecule has 0 amide bonds. The Morgan fingerprint density at radius 3 is 2.41 bits per heavy atom. The van der Waals surface area contributed by atoms with Gasteiger partial charge in [0.15, 0.2) is 10.6 Å². The van der Waals surface area contributed by atoms with E-state index in [2.05, 4.69) is 36.1 Å². The van der Waals surface area contributed by atoms with Gasteiger partial charge >= 0.3 is 0 Å². The van der Waals surface area contributed by atoms with Gasteiger partial charge in [-0.15, -0.1) is 0 Å². The first-order valence-corrected chi connectivity index (χ1v) is 9.61. The minimum atomic E-state index is -0.202. The summed E-state index contributed by atoms with van der Waals surface area (Å²) < 4.78 is 17.7. The van der Waals surface area contributed by atoms with Crippen molar-refractivity contribution in [1.29, 1.82) is 0 Å². The van der Waals surface area contributed by atoms with Crippen molar-refractivity contribution in [2.75, 3.05) is 0 Å². The molecule has 2 aromatic carbocycles. The van der Waals surface area contributed by atoms with E-state index >= 15 is 0 Å². The van der Waals surface area contributed by atoms with Crippen LogP contribution in [0, 0.1) is 17.5 Å². The quantitative estimate of drug-likeness (QED) is 0.579. The molecule has 0 radical (unpaired) electrons. The van der Waals surface area contributed by atoms with Crippen LogP contribution >= 0.6 is 12.2 Å². The topological polar surface area (TPSA) is 26.0 Å². The Kier molecular flexibility index (Phi) is 4.93. The minimum Gasteiger partial charge on any atom is -0.303 e. The van der Waals surface area contributed by atoms with E-state index in [1.54, 1.807) is 0 Å². The van der Waals surface area contributed by atoms with E-state index in [4.69, 9.17) is 17.3 Å². The molecule has 0 aliphatic heterocycles. The van der Waals surface area contributed by atoms with Crippen LogP contribution in [0.25, 0.3) is 11.4 Å². The van der Waals surface area contributed by atoms with E-state index in [0.717, 1.165) is 23.5 Å². The molecule has 1 aliphatic carbocycles. The minimum absolute atomic E-state index is 0.202. The van der Waals surface area contributed by atoms with Crippen molar-refractivity contribution in [1.82, 2.24) is 19.2 Å². The molecule has 1 fully saturated rings. The largest absolute Gasteiger partial charge is 0.303 e. The van der Waals surface area contributed by atoms with Crippen LogP contribution in [-0.2, 0) is 20.3 Å². The highest BCUT2D eigenvalue weighted by Crippen LogP contribution is 2.29. The zero-order chi connectivity index (χ0) is 19.0. The summed E-state index contributed by atoms with van der Waals surface area (Å²) in [6.45, 7) is 3.48. The van der Waals surface area contributed by atoms with E-state index < -0.39 is 0 Å². The molecule has 0 atom stereocenters. The number of benzene rings is 2. The van der Waals surface area contributed by atoms with Gasteiger partial charge in [-0.25, -0.2) is 9.07 Å². The Labute approximate surface area is 163 Å². The average molecular weight is 383 g/mol. The molecule has 3 aromatic rings. The maximum absolute atomic E-state index is 13.2. The molecule has 0 saturated heterocycles. The van der Waals surface area contributed by atoms with Crippen LogP contribution < -0.4 is 0 Å². The Bertz CT molecular complexity index is 985. The number of aromatic nitrogens is 3. The zero-order valence-corrected chi connectivity index (χ0v) is 16.4. The van der Waals surface area contributed by atoms with Gasteiger partial charge in [0, 0.05) is 25.2 Å². The lowest BCUT2D eigenvalue weighted by molar-refractivity contribution is 0.186. The molecule has 140 valence electrons. The van der Waals surface area contributed by atoms with Crippen molar-refractivity contribution < 1.29 is 4.39 Å². The van der Waals surface area contributed by atoms with Gasteiger partial charge in [0.25, 0.3) is 0 Å². The average Bonchev–Trinajstić information content (AvgIpc) is 3.47. The molecule has 6 heteroatoms. The van der Waals surface area contributed by atoms with E-state index in [1.165, 1.54) is 30.5 Å². The lowest BCUT2D eigenvalue weighted by Crippen LogP contribution is -2.29. The van der Waals surface area contributed by atoms with Gasteiger partial charge in [-0.05, 0) is 49.7 Å². The first kappa shape index (κ1) is 18.1. The molecule has 1 aromatic heterocycles. The van der Waals surface area contributed by atoms with Crippen molar-refractivity contribution in [3.63, 3.8) is 0 Å². The molecule has 0 spiro atoms. The smallest absolute Gasteiger partial charge is 0.199 e. The maximum atomic E-state index is 13.2. The predicted molar refractivity (Wildman–Crippen MR) is 107 cm³/mol. The highest BCUT2D eigenvalue weighted by atomic mass is 32.1. The lowest BCUT2D eigenvalue weighted by Gasteiger charge is -2.21. The molecule has 4 nitrogen and oxygen atoms in total. The summed E-state index contributed by atoms with van der Waals surface area (Å²) in [6, 6.07) is 15.6. The molecule has 1 aliphatic rings.